The Balaban J connectivity index is 1.94. The van der Waals surface area contributed by atoms with Crippen LogP contribution in [0.4, 0.5) is 5.13 Å². The zero-order valence-electron chi connectivity index (χ0n) is 10.5. The van der Waals surface area contributed by atoms with Crippen molar-refractivity contribution in [3.63, 3.8) is 0 Å². The lowest BCUT2D eigenvalue weighted by Gasteiger charge is -2.07. The molecule has 0 aromatic carbocycles. The largest absolute Gasteiger partial charge is 0.360 e. The summed E-state index contributed by atoms with van der Waals surface area (Å²) in [5.41, 5.74) is 0. The number of carbonyl (C=O) groups excluding carboxylic acids is 1. The van der Waals surface area contributed by atoms with Gasteiger partial charge in [-0.2, -0.15) is 5.21 Å². The molecule has 1 atom stereocenters. The topological polar surface area (TPSA) is 121 Å². The van der Waals surface area contributed by atoms with E-state index in [1.54, 1.807) is 6.92 Å². The highest BCUT2D eigenvalue weighted by Gasteiger charge is 2.18. The molecule has 0 aliphatic heterocycles. The van der Waals surface area contributed by atoms with Gasteiger partial charge in [-0.1, -0.05) is 23.5 Å². The van der Waals surface area contributed by atoms with Crippen LogP contribution in [0.15, 0.2) is 0 Å². The molecule has 1 unspecified atom stereocenters. The van der Waals surface area contributed by atoms with E-state index in [9.17, 15) is 4.79 Å². The van der Waals surface area contributed by atoms with Gasteiger partial charge in [0, 0.05) is 6.54 Å². The molecule has 102 valence electrons. The number of aromatic amines is 1. The molecule has 9 nitrogen and oxygen atoms in total. The second-order valence-electron chi connectivity index (χ2n) is 3.80. The number of rotatable bonds is 6. The molecule has 1 amide bonds. The lowest BCUT2D eigenvalue weighted by atomic mass is 10.3. The maximum atomic E-state index is 11.9. The first kappa shape index (κ1) is 13.3. The Morgan fingerprint density at radius 1 is 1.42 bits per heavy atom. The van der Waals surface area contributed by atoms with Crippen molar-refractivity contribution in [2.45, 2.75) is 26.3 Å². The van der Waals surface area contributed by atoms with Gasteiger partial charge >= 0.3 is 0 Å². The third-order valence-electron chi connectivity index (χ3n) is 2.24. The standard InChI is InChI=1S/C9H14N8OS/c1-3-4-10-9-15-14-8(19-9)7(18)11-5(2)6-12-16-17-13-6/h5H,3-4H2,1-2H3,(H,10,15)(H,11,18)(H,12,13,16,17). The molecule has 2 aromatic heterocycles. The number of hydrogen-bond donors (Lipinski definition) is 3. The average Bonchev–Trinajstić information content (AvgIpc) is 3.07. The van der Waals surface area contributed by atoms with Gasteiger partial charge in [-0.3, -0.25) is 4.79 Å². The fraction of sp³-hybridized carbons (Fsp3) is 0.556. The van der Waals surface area contributed by atoms with Crippen LogP contribution in [0, 0.1) is 0 Å². The molecule has 19 heavy (non-hydrogen) atoms. The number of H-pyrrole nitrogens is 1. The van der Waals surface area contributed by atoms with E-state index < -0.39 is 0 Å². The summed E-state index contributed by atoms with van der Waals surface area (Å²) in [6.07, 6.45) is 0.982. The molecule has 0 radical (unpaired) electrons. The van der Waals surface area contributed by atoms with Gasteiger partial charge in [0.1, 0.15) is 0 Å². The van der Waals surface area contributed by atoms with Crippen LogP contribution in [-0.2, 0) is 0 Å². The van der Waals surface area contributed by atoms with Crippen LogP contribution in [0.2, 0.25) is 0 Å². The SMILES string of the molecule is CCCNc1nnc(C(=O)NC(C)c2nn[nH]n2)s1. The Labute approximate surface area is 113 Å². The molecule has 3 N–H and O–H groups in total. The van der Waals surface area contributed by atoms with Crippen molar-refractivity contribution in [1.82, 2.24) is 36.1 Å². The van der Waals surface area contributed by atoms with Crippen LogP contribution in [0.5, 0.6) is 0 Å². The summed E-state index contributed by atoms with van der Waals surface area (Å²) in [7, 11) is 0. The summed E-state index contributed by atoms with van der Waals surface area (Å²) in [6, 6.07) is -0.345. The normalized spacial score (nSPS) is 12.1. The summed E-state index contributed by atoms with van der Waals surface area (Å²) in [6.45, 7) is 4.61. The molecule has 2 rings (SSSR count). The fourth-order valence-corrected chi connectivity index (χ4v) is 1.97. The summed E-state index contributed by atoms with van der Waals surface area (Å²) in [5, 5.41) is 27.8. The Hall–Kier alpha value is -2.10. The summed E-state index contributed by atoms with van der Waals surface area (Å²) in [5.74, 6) is 0.113. The van der Waals surface area contributed by atoms with Crippen LogP contribution < -0.4 is 10.6 Å². The van der Waals surface area contributed by atoms with Crippen LogP contribution in [-0.4, -0.2) is 43.3 Å². The molecule has 0 aliphatic carbocycles. The number of nitrogens with zero attached hydrogens (tertiary/aromatic N) is 5. The van der Waals surface area contributed by atoms with Crippen LogP contribution >= 0.6 is 11.3 Å². The maximum Gasteiger partial charge on any atom is 0.282 e. The van der Waals surface area contributed by atoms with Gasteiger partial charge in [-0.15, -0.1) is 20.4 Å². The van der Waals surface area contributed by atoms with Crippen molar-refractivity contribution in [3.8, 4) is 0 Å². The molecule has 0 fully saturated rings. The van der Waals surface area contributed by atoms with Gasteiger partial charge in [0.2, 0.25) is 10.1 Å². The highest BCUT2D eigenvalue weighted by molar-refractivity contribution is 7.17. The first-order valence-electron chi connectivity index (χ1n) is 5.82. The Kier molecular flexibility index (Phi) is 4.34. The molecule has 0 bridgehead atoms. The van der Waals surface area contributed by atoms with Crippen molar-refractivity contribution in [2.24, 2.45) is 0 Å². The van der Waals surface area contributed by atoms with Gasteiger partial charge < -0.3 is 10.6 Å². The quantitative estimate of drug-likeness (QED) is 0.699. The van der Waals surface area contributed by atoms with Crippen molar-refractivity contribution < 1.29 is 4.79 Å². The first-order valence-corrected chi connectivity index (χ1v) is 6.64. The van der Waals surface area contributed by atoms with E-state index in [1.807, 2.05) is 6.92 Å². The second kappa shape index (κ2) is 6.18. The van der Waals surface area contributed by atoms with E-state index in [1.165, 1.54) is 11.3 Å². The van der Waals surface area contributed by atoms with E-state index in [-0.39, 0.29) is 11.9 Å². The number of amides is 1. The van der Waals surface area contributed by atoms with Gasteiger partial charge in [0.15, 0.2) is 5.82 Å². The number of aromatic nitrogens is 6. The minimum atomic E-state index is -0.345. The monoisotopic (exact) mass is 282 g/mol. The van der Waals surface area contributed by atoms with Crippen LogP contribution in [0.25, 0.3) is 0 Å². The smallest absolute Gasteiger partial charge is 0.282 e. The Morgan fingerprint density at radius 2 is 2.26 bits per heavy atom. The minimum absolute atomic E-state index is 0.300. The van der Waals surface area contributed by atoms with Crippen LogP contribution in [0.1, 0.15) is 41.9 Å². The number of anilines is 1. The zero-order chi connectivity index (χ0) is 13.7. The molecule has 0 aliphatic rings. The third-order valence-corrected chi connectivity index (χ3v) is 3.12. The van der Waals surface area contributed by atoms with E-state index in [0.717, 1.165) is 13.0 Å². The zero-order valence-corrected chi connectivity index (χ0v) is 11.4. The summed E-state index contributed by atoms with van der Waals surface area (Å²) >= 11 is 1.21. The van der Waals surface area contributed by atoms with E-state index in [0.29, 0.717) is 16.0 Å². The summed E-state index contributed by atoms with van der Waals surface area (Å²) < 4.78 is 0. The fourth-order valence-electron chi connectivity index (χ4n) is 1.29. The Bertz CT molecular complexity index is 524. The second-order valence-corrected chi connectivity index (χ2v) is 4.78. The van der Waals surface area contributed by atoms with Gasteiger partial charge in [0.25, 0.3) is 5.91 Å². The van der Waals surface area contributed by atoms with Crippen LogP contribution in [0.3, 0.4) is 0 Å². The van der Waals surface area contributed by atoms with E-state index in [2.05, 4.69) is 41.5 Å². The minimum Gasteiger partial charge on any atom is -0.360 e. The van der Waals surface area contributed by atoms with Crippen molar-refractivity contribution in [1.29, 1.82) is 0 Å². The number of carbonyl (C=O) groups is 1. The summed E-state index contributed by atoms with van der Waals surface area (Å²) in [4.78, 5) is 11.9. The van der Waals surface area contributed by atoms with Crippen molar-refractivity contribution in [2.75, 3.05) is 11.9 Å². The molecule has 2 aromatic rings. The number of nitrogens with one attached hydrogen (secondary N) is 3. The number of tetrazole rings is 1. The lowest BCUT2D eigenvalue weighted by Crippen LogP contribution is -2.27. The predicted octanol–water partition coefficient (Wildman–Crippen LogP) is 0.364. The van der Waals surface area contributed by atoms with Gasteiger partial charge in [-0.25, -0.2) is 0 Å². The number of hydrogen-bond acceptors (Lipinski definition) is 8. The van der Waals surface area contributed by atoms with E-state index in [4.69, 9.17) is 0 Å². The lowest BCUT2D eigenvalue weighted by molar-refractivity contribution is 0.0937. The van der Waals surface area contributed by atoms with Crippen molar-refractivity contribution >= 4 is 22.4 Å². The molecule has 10 heteroatoms. The third kappa shape index (κ3) is 3.44. The molecule has 2 heterocycles. The first-order chi connectivity index (χ1) is 9.20. The maximum absolute atomic E-state index is 11.9. The molecule has 0 spiro atoms. The highest BCUT2D eigenvalue weighted by atomic mass is 32.1. The molecular weight excluding hydrogens is 268 g/mol. The molecule has 0 saturated carbocycles. The van der Waals surface area contributed by atoms with Gasteiger partial charge in [0.05, 0.1) is 6.04 Å². The predicted molar refractivity (Wildman–Crippen MR) is 68.7 cm³/mol. The van der Waals surface area contributed by atoms with Gasteiger partial charge in [-0.05, 0) is 13.3 Å². The highest BCUT2D eigenvalue weighted by Crippen LogP contribution is 2.16. The molecular formula is C9H14N8OS. The average molecular weight is 282 g/mol. The van der Waals surface area contributed by atoms with E-state index >= 15 is 0 Å². The van der Waals surface area contributed by atoms with Crippen molar-refractivity contribution in [3.05, 3.63) is 10.8 Å². The Morgan fingerprint density at radius 3 is 2.95 bits per heavy atom. The molecule has 0 saturated heterocycles.